The van der Waals surface area contributed by atoms with Gasteiger partial charge in [0.1, 0.15) is 0 Å². The molecule has 0 aliphatic carbocycles. The van der Waals surface area contributed by atoms with E-state index in [9.17, 15) is 0 Å². The van der Waals surface area contributed by atoms with Gasteiger partial charge in [-0.3, -0.25) is 0 Å². The molecule has 0 radical (unpaired) electrons. The SMILES string of the molecule is c1ccc(COc2ccc(OP3(Oc4ccc(OCc5ccccc5)cc4)(Oc4ccc(OCc5ccccc5)cc4)N=PNP(Oc4ccc(OCc5ccccc5)cc4)(Oc4ccc(OCc5ccccc5)cc4)(Oc4ccc(OCc5ccccc5)cc4)N3)cc2)cc1. The van der Waals surface area contributed by atoms with Crippen LogP contribution in [0.4, 0.5) is 0 Å². The van der Waals surface area contributed by atoms with Crippen LogP contribution in [-0.2, 0) is 39.6 Å². The van der Waals surface area contributed by atoms with E-state index in [1.165, 1.54) is 0 Å². The van der Waals surface area contributed by atoms with Gasteiger partial charge in [0, 0.05) is 0 Å². The van der Waals surface area contributed by atoms with Crippen LogP contribution in [0.15, 0.2) is 332 Å². The Labute approximate surface area is 560 Å². The van der Waals surface area contributed by atoms with E-state index in [-0.39, 0.29) is 43.0 Å². The molecule has 0 fully saturated rings. The average molecular weight is 1330 g/mol. The number of rotatable bonds is 30. The first-order valence-corrected chi connectivity index (χ1v) is 35.9. The zero-order chi connectivity index (χ0) is 65.0. The minimum atomic E-state index is -5.84. The van der Waals surface area contributed by atoms with Gasteiger partial charge >= 0.3 is 563 Å². The predicted octanol–water partition coefficient (Wildman–Crippen LogP) is 20.4. The summed E-state index contributed by atoms with van der Waals surface area (Å²) in [6.45, 7) is 1.95. The van der Waals surface area contributed by atoms with Crippen LogP contribution in [0.25, 0.3) is 0 Å². The molecule has 18 heteroatoms. The Balaban J connectivity index is 0.963. The molecule has 13 rings (SSSR count). The van der Waals surface area contributed by atoms with Crippen molar-refractivity contribution >= 4 is 23.7 Å². The average Bonchev–Trinajstić information content (AvgIpc) is 0.688. The van der Waals surface area contributed by atoms with Crippen molar-refractivity contribution in [2.24, 2.45) is 4.52 Å². The molecule has 2 N–H and O–H groups in total. The second-order valence-corrected chi connectivity index (χ2v) is 29.2. The zero-order valence-electron chi connectivity index (χ0n) is 52.1. The van der Waals surface area contributed by atoms with E-state index in [4.69, 9.17) is 60.1 Å². The van der Waals surface area contributed by atoms with Gasteiger partial charge in [0.25, 0.3) is 0 Å². The molecule has 482 valence electrons. The van der Waals surface area contributed by atoms with Crippen molar-refractivity contribution in [2.45, 2.75) is 39.6 Å². The topological polar surface area (TPSA) is 147 Å². The summed E-state index contributed by atoms with van der Waals surface area (Å²) in [4.78, 5) is 7.26. The summed E-state index contributed by atoms with van der Waals surface area (Å²) in [7, 11) is -11.6. The van der Waals surface area contributed by atoms with E-state index >= 15 is 0 Å². The molecule has 1 aliphatic heterocycles. The maximum absolute atomic E-state index is 7.61. The first-order valence-electron chi connectivity index (χ1n) is 31.1. The van der Waals surface area contributed by atoms with Gasteiger partial charge in [-0.05, 0) is 0 Å². The van der Waals surface area contributed by atoms with Crippen molar-refractivity contribution in [1.29, 1.82) is 0 Å². The van der Waals surface area contributed by atoms with E-state index in [2.05, 4.69) is 9.72 Å². The van der Waals surface area contributed by atoms with Gasteiger partial charge in [0.2, 0.25) is 0 Å². The molecule has 12 aromatic carbocycles. The third-order valence-corrected chi connectivity index (χ3v) is 24.1. The summed E-state index contributed by atoms with van der Waals surface area (Å²) in [6.07, 6.45) is 0. The van der Waals surface area contributed by atoms with Crippen molar-refractivity contribution < 1.29 is 55.6 Å². The van der Waals surface area contributed by atoms with Crippen molar-refractivity contribution in [3.63, 3.8) is 0 Å². The number of nitrogens with zero attached hydrogens (tertiary/aromatic N) is 1. The maximum atomic E-state index is 7.61. The van der Waals surface area contributed by atoms with Crippen LogP contribution < -0.4 is 65.3 Å². The molecule has 12 aromatic rings. The molecule has 0 atom stereocenters. The van der Waals surface area contributed by atoms with Crippen molar-refractivity contribution in [1.82, 2.24) is 9.72 Å². The first kappa shape index (κ1) is 63.9. The molecular weight excluding hydrogens is 1260 g/mol. The number of ether oxygens (including phenoxy) is 6. The Morgan fingerprint density at radius 2 is 0.396 bits per heavy atom. The van der Waals surface area contributed by atoms with E-state index < -0.39 is 15.2 Å². The third-order valence-electron chi connectivity index (χ3n) is 14.8. The van der Waals surface area contributed by atoms with E-state index in [0.717, 1.165) is 33.4 Å². The summed E-state index contributed by atoms with van der Waals surface area (Å²) < 4.78 is 88.9. The van der Waals surface area contributed by atoms with Gasteiger partial charge in [-0.25, -0.2) is 0 Å². The molecule has 1 aliphatic rings. The third kappa shape index (κ3) is 17.1. The molecule has 96 heavy (non-hydrogen) atoms. The Hall–Kier alpha value is -10.9. The Morgan fingerprint density at radius 1 is 0.219 bits per heavy atom. The molecule has 0 saturated carbocycles. The van der Waals surface area contributed by atoms with Gasteiger partial charge in [0.15, 0.2) is 0 Å². The molecule has 0 saturated heterocycles. The van der Waals surface area contributed by atoms with E-state index in [0.29, 0.717) is 74.1 Å². The quantitative estimate of drug-likeness (QED) is 0.0412. The van der Waals surface area contributed by atoms with Crippen LogP contribution in [0.3, 0.4) is 0 Å². The summed E-state index contributed by atoms with van der Waals surface area (Å²) >= 11 is 0. The number of hydrogen-bond acceptors (Lipinski definition) is 15. The predicted molar refractivity (Wildman–Crippen MR) is 377 cm³/mol. The van der Waals surface area contributed by atoms with Gasteiger partial charge in [-0.15, -0.1) is 0 Å². The van der Waals surface area contributed by atoms with Crippen LogP contribution >= 0.6 is 23.7 Å². The molecule has 15 nitrogen and oxygen atoms in total. The number of nitrogens with one attached hydrogen (secondary N) is 2. The standard InChI is InChI=1S/C78H68N3O12P3/c1-7-19-61(20-8-1)55-82-67-31-43-73(44-32-67)88-95(89-74-45-33-68(34-46-74)83-56-62-21-9-2-10-22-62,90-75-47-35-69(36-48-75)84-57-63-23-11-3-12-24-63)79-94-80-96(81-95,91-76-49-37-70(38-50-76)85-58-64-25-13-4-14-26-64,92-77-51-39-71(40-52-77)86-59-65-27-15-5-16-28-65)93-78-53-41-72(42-54-78)87-60-66-29-17-6-18-30-66/h1-54,81H,55-60H2,(H,79,80). The van der Waals surface area contributed by atoms with Crippen LogP contribution in [-0.4, -0.2) is 0 Å². The Morgan fingerprint density at radius 3 is 0.594 bits per heavy atom. The minimum absolute atomic E-state index is 0.0413. The Bertz CT molecular complexity index is 3980. The molecule has 0 bridgehead atoms. The normalized spacial score (nSPS) is 14.8. The van der Waals surface area contributed by atoms with Crippen molar-refractivity contribution in [3.8, 4) is 69.0 Å². The zero-order valence-corrected chi connectivity index (χ0v) is 54.8. The van der Waals surface area contributed by atoms with Gasteiger partial charge < -0.3 is 0 Å². The summed E-state index contributed by atoms with van der Waals surface area (Å²) in [5, 5.41) is 0. The fraction of sp³-hybridized carbons (Fsp3) is 0.0769. The van der Waals surface area contributed by atoms with Crippen LogP contribution in [0.5, 0.6) is 69.0 Å². The second kappa shape index (κ2) is 30.0. The summed E-state index contributed by atoms with van der Waals surface area (Å²) in [5.41, 5.74) is 6.00. The second-order valence-electron chi connectivity index (χ2n) is 22.1. The van der Waals surface area contributed by atoms with E-state index in [1.54, 1.807) is 109 Å². The fourth-order valence-corrected chi connectivity index (χ4v) is 20.3. The fourth-order valence-electron chi connectivity index (χ4n) is 10.0. The first-order chi connectivity index (χ1) is 47.2. The van der Waals surface area contributed by atoms with Gasteiger partial charge in [0.05, 0.1) is 0 Å². The van der Waals surface area contributed by atoms with Gasteiger partial charge in [-0.2, -0.15) is 0 Å². The number of benzene rings is 12. The molecule has 0 aromatic heterocycles. The van der Waals surface area contributed by atoms with Crippen LogP contribution in [0.1, 0.15) is 33.4 Å². The molecule has 0 unspecified atom stereocenters. The van der Waals surface area contributed by atoms with Gasteiger partial charge in [-0.1, -0.05) is 0 Å². The monoisotopic (exact) mass is 1330 g/mol. The summed E-state index contributed by atoms with van der Waals surface area (Å²) in [5.74, 6) is 4.96. The molecule has 0 spiro atoms. The molecule has 1 heterocycles. The van der Waals surface area contributed by atoms with E-state index in [1.807, 2.05) is 218 Å². The van der Waals surface area contributed by atoms with Crippen molar-refractivity contribution in [2.75, 3.05) is 0 Å². The molecular formula is C78H68N3O12P3. The summed E-state index contributed by atoms with van der Waals surface area (Å²) in [6, 6.07) is 102. The van der Waals surface area contributed by atoms with Crippen LogP contribution in [0.2, 0.25) is 0 Å². The number of hydrogen-bond donors (Lipinski definition) is 2. The van der Waals surface area contributed by atoms with Crippen molar-refractivity contribution in [3.05, 3.63) is 361 Å². The Kier molecular flexibility index (Phi) is 20.0. The van der Waals surface area contributed by atoms with Crippen LogP contribution in [0, 0.1) is 0 Å². The molecule has 0 amide bonds.